The van der Waals surface area contributed by atoms with E-state index in [4.69, 9.17) is 9.47 Å². The minimum atomic E-state index is -1.52. The van der Waals surface area contributed by atoms with Gasteiger partial charge in [0.1, 0.15) is 11.7 Å². The number of aliphatic hydroxyl groups is 1. The lowest BCUT2D eigenvalue weighted by molar-refractivity contribution is -0.163. The zero-order valence-corrected chi connectivity index (χ0v) is 11.3. The van der Waals surface area contributed by atoms with Crippen molar-refractivity contribution in [3.8, 4) is 0 Å². The number of ether oxygens (including phenoxy) is 2. The van der Waals surface area contributed by atoms with Gasteiger partial charge in [-0.3, -0.25) is 4.79 Å². The van der Waals surface area contributed by atoms with Gasteiger partial charge in [-0.1, -0.05) is 19.1 Å². The third-order valence-corrected chi connectivity index (χ3v) is 4.58. The van der Waals surface area contributed by atoms with Gasteiger partial charge in [0, 0.05) is 5.92 Å². The highest BCUT2D eigenvalue weighted by Crippen LogP contribution is 2.53. The molecule has 6 atom stereocenters. The van der Waals surface area contributed by atoms with Gasteiger partial charge in [0.25, 0.3) is 0 Å². The van der Waals surface area contributed by atoms with Gasteiger partial charge in [-0.2, -0.15) is 0 Å². The molecule has 0 spiro atoms. The minimum Gasteiger partial charge on any atom is -0.481 e. The summed E-state index contributed by atoms with van der Waals surface area (Å²) in [5.41, 5.74) is -1.49. The molecule has 114 valence electrons. The number of allylic oxidation sites excluding steroid dienone is 1. The minimum absolute atomic E-state index is 0.0380. The van der Waals surface area contributed by atoms with Crippen molar-refractivity contribution in [1.29, 1.82) is 0 Å². The van der Waals surface area contributed by atoms with E-state index in [9.17, 15) is 24.9 Å². The van der Waals surface area contributed by atoms with Crippen LogP contribution in [0.15, 0.2) is 24.0 Å². The monoisotopic (exact) mass is 296 g/mol. The van der Waals surface area contributed by atoms with Crippen molar-refractivity contribution < 1.29 is 34.4 Å². The van der Waals surface area contributed by atoms with Crippen LogP contribution in [0.5, 0.6) is 0 Å². The molecule has 0 aromatic heterocycles. The van der Waals surface area contributed by atoms with Crippen molar-refractivity contribution >= 4 is 11.9 Å². The molecule has 21 heavy (non-hydrogen) atoms. The van der Waals surface area contributed by atoms with E-state index in [-0.39, 0.29) is 5.57 Å². The van der Waals surface area contributed by atoms with Gasteiger partial charge in [0.2, 0.25) is 6.29 Å². The highest BCUT2D eigenvalue weighted by Gasteiger charge is 2.64. The Kier molecular flexibility index (Phi) is 3.07. The van der Waals surface area contributed by atoms with Crippen molar-refractivity contribution in [3.63, 3.8) is 0 Å². The van der Waals surface area contributed by atoms with E-state index >= 15 is 0 Å². The molecule has 7 heteroatoms. The van der Waals surface area contributed by atoms with Crippen LogP contribution in [0.25, 0.3) is 0 Å². The molecule has 1 aliphatic carbocycles. The zero-order valence-electron chi connectivity index (χ0n) is 11.3. The number of carboxylic acid groups (broad SMARTS) is 2. The van der Waals surface area contributed by atoms with Crippen LogP contribution in [0.2, 0.25) is 0 Å². The molecule has 0 radical (unpaired) electrons. The summed E-state index contributed by atoms with van der Waals surface area (Å²) in [6.07, 6.45) is 2.68. The summed E-state index contributed by atoms with van der Waals surface area (Å²) in [6.45, 7) is 1.70. The van der Waals surface area contributed by atoms with Crippen LogP contribution in [0, 0.1) is 17.8 Å². The van der Waals surface area contributed by atoms with E-state index in [1.165, 1.54) is 6.08 Å². The maximum absolute atomic E-state index is 11.3. The fraction of sp³-hybridized carbons (Fsp3) is 0.571. The molecule has 0 amide bonds. The van der Waals surface area contributed by atoms with Gasteiger partial charge in [-0.05, 0) is 6.42 Å². The number of carboxylic acids is 2. The molecule has 2 heterocycles. The average molecular weight is 296 g/mol. The lowest BCUT2D eigenvalue weighted by Crippen LogP contribution is -2.48. The third kappa shape index (κ3) is 1.81. The Balaban J connectivity index is 1.97. The summed E-state index contributed by atoms with van der Waals surface area (Å²) >= 11 is 0. The number of rotatable bonds is 4. The Morgan fingerprint density at radius 1 is 1.43 bits per heavy atom. The fourth-order valence-electron chi connectivity index (χ4n) is 3.55. The van der Waals surface area contributed by atoms with Gasteiger partial charge in [0.05, 0.1) is 23.7 Å². The van der Waals surface area contributed by atoms with Gasteiger partial charge >= 0.3 is 11.9 Å². The quantitative estimate of drug-likeness (QED) is 0.642. The Hall–Kier alpha value is -1.86. The smallest absolute Gasteiger partial charge is 0.335 e. The van der Waals surface area contributed by atoms with Crippen LogP contribution < -0.4 is 0 Å². The van der Waals surface area contributed by atoms with Crippen molar-refractivity contribution in [2.75, 3.05) is 0 Å². The van der Waals surface area contributed by atoms with Crippen LogP contribution in [-0.4, -0.2) is 45.3 Å². The molecule has 3 rings (SSSR count). The summed E-state index contributed by atoms with van der Waals surface area (Å²) in [6, 6.07) is 0. The Bertz CT molecular complexity index is 552. The molecule has 0 aromatic rings. The molecule has 1 saturated heterocycles. The molecular weight excluding hydrogens is 280 g/mol. The summed E-state index contributed by atoms with van der Waals surface area (Å²) in [7, 11) is 0. The molecule has 2 aliphatic heterocycles. The molecule has 3 aliphatic rings. The number of carbonyl (C=O) groups is 2. The summed E-state index contributed by atoms with van der Waals surface area (Å²) in [5, 5.41) is 29.3. The zero-order chi connectivity index (χ0) is 15.4. The first kappa shape index (κ1) is 14.1. The second kappa shape index (κ2) is 4.57. The predicted octanol–water partition coefficient (Wildman–Crippen LogP) is 0.354. The highest BCUT2D eigenvalue weighted by molar-refractivity contribution is 5.88. The number of aliphatic carboxylic acids is 2. The van der Waals surface area contributed by atoms with E-state index in [0.29, 0.717) is 6.42 Å². The topological polar surface area (TPSA) is 113 Å². The van der Waals surface area contributed by atoms with E-state index in [1.807, 2.05) is 0 Å². The summed E-state index contributed by atoms with van der Waals surface area (Å²) < 4.78 is 10.9. The fourth-order valence-corrected chi connectivity index (χ4v) is 3.55. The lowest BCUT2D eigenvalue weighted by Gasteiger charge is -2.32. The molecule has 3 N–H and O–H groups in total. The van der Waals surface area contributed by atoms with E-state index < -0.39 is 47.7 Å². The lowest BCUT2D eigenvalue weighted by atomic mass is 9.76. The van der Waals surface area contributed by atoms with Crippen LogP contribution in [-0.2, 0) is 19.1 Å². The Morgan fingerprint density at radius 3 is 2.71 bits per heavy atom. The van der Waals surface area contributed by atoms with Crippen molar-refractivity contribution in [2.24, 2.45) is 17.8 Å². The largest absolute Gasteiger partial charge is 0.481 e. The molecule has 0 aromatic carbocycles. The second-order valence-electron chi connectivity index (χ2n) is 5.59. The van der Waals surface area contributed by atoms with Crippen LogP contribution >= 0.6 is 0 Å². The average Bonchev–Trinajstić information content (AvgIpc) is 2.91. The summed E-state index contributed by atoms with van der Waals surface area (Å²) in [5.74, 6) is -4.24. The van der Waals surface area contributed by atoms with Crippen molar-refractivity contribution in [1.82, 2.24) is 0 Å². The second-order valence-corrected chi connectivity index (χ2v) is 5.59. The third-order valence-electron chi connectivity index (χ3n) is 4.58. The SMILES string of the molecule is CCC(C(=O)O)C1OC2OC=C(C(=O)O)C3C=CC1(O)C23. The van der Waals surface area contributed by atoms with Crippen LogP contribution in [0.3, 0.4) is 0 Å². The first-order valence-corrected chi connectivity index (χ1v) is 6.79. The Labute approximate surface area is 120 Å². The number of hydrogen-bond donors (Lipinski definition) is 3. The normalized spacial score (nSPS) is 41.1. The van der Waals surface area contributed by atoms with E-state index in [0.717, 1.165) is 6.26 Å². The van der Waals surface area contributed by atoms with Crippen molar-refractivity contribution in [3.05, 3.63) is 24.0 Å². The molecule has 0 bridgehead atoms. The summed E-state index contributed by atoms with van der Waals surface area (Å²) in [4.78, 5) is 22.6. The molecule has 7 nitrogen and oxygen atoms in total. The van der Waals surface area contributed by atoms with Gasteiger partial charge in [-0.15, -0.1) is 0 Å². The van der Waals surface area contributed by atoms with E-state index in [1.54, 1.807) is 13.0 Å². The van der Waals surface area contributed by atoms with Crippen LogP contribution in [0.4, 0.5) is 0 Å². The maximum Gasteiger partial charge on any atom is 0.335 e. The maximum atomic E-state index is 11.3. The van der Waals surface area contributed by atoms with E-state index in [2.05, 4.69) is 0 Å². The van der Waals surface area contributed by atoms with Gasteiger partial charge in [0.15, 0.2) is 0 Å². The van der Waals surface area contributed by atoms with Crippen LogP contribution in [0.1, 0.15) is 13.3 Å². The molecule has 0 saturated carbocycles. The highest BCUT2D eigenvalue weighted by atomic mass is 16.7. The molecule has 1 fully saturated rings. The molecule has 6 unspecified atom stereocenters. The number of hydrogen-bond acceptors (Lipinski definition) is 5. The standard InChI is InChI=1S/C14H16O7/c1-2-6(11(15)16)10-14(19)4-3-7-8(12(17)18)5-20-13(21-10)9(7)14/h3-7,9-10,13,19H,2H2,1H3,(H,15,16)(H,17,18). The van der Waals surface area contributed by atoms with Gasteiger partial charge in [-0.25, -0.2) is 4.79 Å². The Morgan fingerprint density at radius 2 is 2.14 bits per heavy atom. The van der Waals surface area contributed by atoms with Crippen molar-refractivity contribution in [2.45, 2.75) is 31.3 Å². The van der Waals surface area contributed by atoms with Gasteiger partial charge < -0.3 is 24.8 Å². The first-order chi connectivity index (χ1) is 9.90. The first-order valence-electron chi connectivity index (χ1n) is 6.79. The predicted molar refractivity (Wildman–Crippen MR) is 68.0 cm³/mol. The molecular formula is C14H16O7.